The van der Waals surface area contributed by atoms with Crippen LogP contribution in [-0.2, 0) is 4.79 Å². The normalized spacial score (nSPS) is 14.1. The Morgan fingerprint density at radius 1 is 0.912 bits per heavy atom. The zero-order chi connectivity index (χ0) is 24.3. The zero-order valence-electron chi connectivity index (χ0n) is 20.3. The van der Waals surface area contributed by atoms with Crippen LogP contribution in [0.4, 0.5) is 0 Å². The number of benzene rings is 2. The predicted octanol–water partition coefficient (Wildman–Crippen LogP) is 2.83. The van der Waals surface area contributed by atoms with Crippen molar-refractivity contribution in [3.05, 3.63) is 54.1 Å². The molecular formula is C26H35N3O5. The summed E-state index contributed by atoms with van der Waals surface area (Å²) in [6, 6.07) is 15.0. The van der Waals surface area contributed by atoms with Crippen molar-refractivity contribution in [1.82, 2.24) is 15.1 Å². The van der Waals surface area contributed by atoms with Crippen LogP contribution in [0.1, 0.15) is 31.1 Å². The van der Waals surface area contributed by atoms with E-state index in [9.17, 15) is 9.59 Å². The van der Waals surface area contributed by atoms with E-state index < -0.39 is 0 Å². The second-order valence-corrected chi connectivity index (χ2v) is 8.40. The van der Waals surface area contributed by atoms with Gasteiger partial charge in [-0.05, 0) is 51.1 Å². The summed E-state index contributed by atoms with van der Waals surface area (Å²) in [4.78, 5) is 28.9. The molecule has 2 amide bonds. The number of amides is 2. The Kier molecular flexibility index (Phi) is 9.58. The van der Waals surface area contributed by atoms with Gasteiger partial charge in [-0.25, -0.2) is 0 Å². The summed E-state index contributed by atoms with van der Waals surface area (Å²) in [6.45, 7) is 9.84. The molecule has 1 aliphatic heterocycles. The van der Waals surface area contributed by atoms with Crippen LogP contribution >= 0.6 is 0 Å². The second kappa shape index (κ2) is 12.8. The highest BCUT2D eigenvalue weighted by Crippen LogP contribution is 2.29. The molecule has 0 aliphatic carbocycles. The van der Waals surface area contributed by atoms with Crippen molar-refractivity contribution in [2.24, 2.45) is 0 Å². The topological polar surface area (TPSA) is 80.3 Å². The van der Waals surface area contributed by atoms with E-state index >= 15 is 0 Å². The van der Waals surface area contributed by atoms with Gasteiger partial charge in [0.15, 0.2) is 11.5 Å². The minimum atomic E-state index is -0.0498. The molecule has 1 aliphatic rings. The highest BCUT2D eigenvalue weighted by atomic mass is 16.5. The molecule has 0 bridgehead atoms. The van der Waals surface area contributed by atoms with Crippen LogP contribution in [0, 0.1) is 0 Å². The minimum absolute atomic E-state index is 0.0147. The second-order valence-electron chi connectivity index (χ2n) is 8.40. The lowest BCUT2D eigenvalue weighted by molar-refractivity contribution is -0.123. The van der Waals surface area contributed by atoms with Gasteiger partial charge < -0.3 is 24.4 Å². The maximum Gasteiger partial charge on any atom is 0.254 e. The third-order valence-electron chi connectivity index (χ3n) is 5.32. The molecule has 34 heavy (non-hydrogen) atoms. The average Bonchev–Trinajstić information content (AvgIpc) is 2.83. The van der Waals surface area contributed by atoms with E-state index in [1.165, 1.54) is 0 Å². The van der Waals surface area contributed by atoms with Gasteiger partial charge >= 0.3 is 0 Å². The molecule has 1 saturated heterocycles. The summed E-state index contributed by atoms with van der Waals surface area (Å²) >= 11 is 0. The predicted molar refractivity (Wildman–Crippen MR) is 131 cm³/mol. The molecule has 0 atom stereocenters. The number of carbonyl (C=O) groups is 2. The van der Waals surface area contributed by atoms with Gasteiger partial charge in [0.2, 0.25) is 5.91 Å². The fourth-order valence-corrected chi connectivity index (χ4v) is 3.72. The largest absolute Gasteiger partial charge is 0.490 e. The lowest BCUT2D eigenvalue weighted by Gasteiger charge is -2.34. The molecule has 0 saturated carbocycles. The van der Waals surface area contributed by atoms with Crippen molar-refractivity contribution < 1.29 is 23.8 Å². The van der Waals surface area contributed by atoms with E-state index in [4.69, 9.17) is 14.2 Å². The third kappa shape index (κ3) is 7.66. The lowest BCUT2D eigenvalue weighted by Crippen LogP contribution is -2.51. The van der Waals surface area contributed by atoms with Gasteiger partial charge in [-0.3, -0.25) is 14.5 Å². The van der Waals surface area contributed by atoms with Crippen LogP contribution in [-0.4, -0.2) is 80.2 Å². The Hall–Kier alpha value is -3.26. The molecule has 8 nitrogen and oxygen atoms in total. The van der Waals surface area contributed by atoms with E-state index in [2.05, 4.69) is 10.2 Å². The highest BCUT2D eigenvalue weighted by molar-refractivity contribution is 5.95. The van der Waals surface area contributed by atoms with E-state index in [0.717, 1.165) is 5.75 Å². The van der Waals surface area contributed by atoms with Crippen molar-refractivity contribution in [3.63, 3.8) is 0 Å². The number of carbonyl (C=O) groups excluding carboxylic acids is 2. The first-order valence-corrected chi connectivity index (χ1v) is 11.8. The molecule has 2 aromatic carbocycles. The van der Waals surface area contributed by atoms with Crippen molar-refractivity contribution in [2.75, 3.05) is 52.5 Å². The number of para-hydroxylation sites is 1. The fraction of sp³-hybridized carbons (Fsp3) is 0.462. The summed E-state index contributed by atoms with van der Waals surface area (Å²) < 4.78 is 17.2. The molecule has 0 radical (unpaired) electrons. The fourth-order valence-electron chi connectivity index (χ4n) is 3.72. The number of hydrogen-bond donors (Lipinski definition) is 1. The third-order valence-corrected chi connectivity index (χ3v) is 5.32. The van der Waals surface area contributed by atoms with Crippen molar-refractivity contribution >= 4 is 11.8 Å². The average molecular weight is 470 g/mol. The van der Waals surface area contributed by atoms with E-state index in [1.807, 2.05) is 56.0 Å². The molecule has 1 N–H and O–H groups in total. The quantitative estimate of drug-likeness (QED) is 0.510. The Labute approximate surface area is 201 Å². The van der Waals surface area contributed by atoms with Crippen molar-refractivity contribution in [2.45, 2.75) is 26.8 Å². The standard InChI is InChI=1S/C26H35N3O5/c1-4-32-24-18-21(10-11-23(24)34-17-16-33-22-8-6-5-7-9-22)26(31)29-14-12-28(13-15-29)19-25(30)27-20(2)3/h5-11,18,20H,4,12-17,19H2,1-3H3,(H,27,30). The first-order valence-electron chi connectivity index (χ1n) is 11.8. The molecule has 2 aromatic rings. The number of piperazine rings is 1. The molecule has 0 unspecified atom stereocenters. The molecule has 1 heterocycles. The Morgan fingerprint density at radius 2 is 1.62 bits per heavy atom. The highest BCUT2D eigenvalue weighted by Gasteiger charge is 2.24. The molecule has 0 aromatic heterocycles. The lowest BCUT2D eigenvalue weighted by atomic mass is 10.1. The molecular weight excluding hydrogens is 434 g/mol. The van der Waals surface area contributed by atoms with E-state index in [-0.39, 0.29) is 17.9 Å². The van der Waals surface area contributed by atoms with Gasteiger partial charge in [-0.2, -0.15) is 0 Å². The van der Waals surface area contributed by atoms with Gasteiger partial charge in [0, 0.05) is 37.8 Å². The van der Waals surface area contributed by atoms with E-state index in [0.29, 0.717) is 69.6 Å². The number of nitrogens with zero attached hydrogens (tertiary/aromatic N) is 2. The number of nitrogens with one attached hydrogen (secondary N) is 1. The maximum atomic E-state index is 13.1. The molecule has 3 rings (SSSR count). The Balaban J connectivity index is 1.52. The Morgan fingerprint density at radius 3 is 2.29 bits per heavy atom. The van der Waals surface area contributed by atoms with Crippen LogP contribution in [0.25, 0.3) is 0 Å². The molecule has 0 spiro atoms. The molecule has 8 heteroatoms. The molecule has 184 valence electrons. The van der Waals surface area contributed by atoms with Gasteiger partial charge in [0.1, 0.15) is 19.0 Å². The summed E-state index contributed by atoms with van der Waals surface area (Å²) in [7, 11) is 0. The SMILES string of the molecule is CCOc1cc(C(=O)N2CCN(CC(=O)NC(C)C)CC2)ccc1OCCOc1ccccc1. The van der Waals surface area contributed by atoms with Gasteiger partial charge in [0.05, 0.1) is 13.2 Å². The van der Waals surface area contributed by atoms with E-state index in [1.54, 1.807) is 18.2 Å². The van der Waals surface area contributed by atoms with Crippen molar-refractivity contribution in [1.29, 1.82) is 0 Å². The monoisotopic (exact) mass is 469 g/mol. The van der Waals surface area contributed by atoms with Crippen molar-refractivity contribution in [3.8, 4) is 17.2 Å². The number of ether oxygens (including phenoxy) is 3. The number of rotatable bonds is 11. The van der Waals surface area contributed by atoms with Crippen LogP contribution in [0.2, 0.25) is 0 Å². The first-order chi connectivity index (χ1) is 16.5. The Bertz CT molecular complexity index is 927. The van der Waals surface area contributed by atoms with Gasteiger partial charge in [-0.15, -0.1) is 0 Å². The summed E-state index contributed by atoms with van der Waals surface area (Å²) in [5.41, 5.74) is 0.558. The zero-order valence-corrected chi connectivity index (χ0v) is 20.3. The van der Waals surface area contributed by atoms with Gasteiger partial charge in [0.25, 0.3) is 5.91 Å². The van der Waals surface area contributed by atoms with Crippen LogP contribution < -0.4 is 19.5 Å². The minimum Gasteiger partial charge on any atom is -0.490 e. The summed E-state index contributed by atoms with van der Waals surface area (Å²) in [6.07, 6.45) is 0. The maximum absolute atomic E-state index is 13.1. The number of hydrogen-bond acceptors (Lipinski definition) is 6. The van der Waals surface area contributed by atoms with Gasteiger partial charge in [-0.1, -0.05) is 18.2 Å². The van der Waals surface area contributed by atoms with Crippen LogP contribution in [0.3, 0.4) is 0 Å². The summed E-state index contributed by atoms with van der Waals surface area (Å²) in [5.74, 6) is 1.87. The molecule has 1 fully saturated rings. The summed E-state index contributed by atoms with van der Waals surface area (Å²) in [5, 5.41) is 2.91. The smallest absolute Gasteiger partial charge is 0.254 e. The van der Waals surface area contributed by atoms with Crippen LogP contribution in [0.15, 0.2) is 48.5 Å². The first kappa shape index (κ1) is 25.4. The van der Waals surface area contributed by atoms with Crippen LogP contribution in [0.5, 0.6) is 17.2 Å².